The zero-order valence-electron chi connectivity index (χ0n) is 7.29. The smallest absolute Gasteiger partial charge is 0.199 e. The van der Waals surface area contributed by atoms with Crippen molar-refractivity contribution < 1.29 is 0 Å². The van der Waals surface area contributed by atoms with E-state index >= 15 is 0 Å². The average molecular weight is 196 g/mol. The highest BCUT2D eigenvalue weighted by Gasteiger charge is 1.91. The molecule has 0 aliphatic heterocycles. The van der Waals surface area contributed by atoms with E-state index in [1.54, 1.807) is 0 Å². The van der Waals surface area contributed by atoms with Crippen LogP contribution in [0.1, 0.15) is 5.56 Å². The number of nitrogens with two attached hydrogens (primary N) is 1. The fourth-order valence-electron chi connectivity index (χ4n) is 0.802. The third-order valence-electron chi connectivity index (χ3n) is 1.50. The maximum atomic E-state index is 5.07. The summed E-state index contributed by atoms with van der Waals surface area (Å²) in [5, 5.41) is 0.348. The molecule has 13 heavy (non-hydrogen) atoms. The summed E-state index contributed by atoms with van der Waals surface area (Å²) in [5.74, 6) is 5.07. The third-order valence-corrected chi connectivity index (χ3v) is 1.72. The second kappa shape index (κ2) is 4.64. The molecule has 0 unspecified atom stereocenters. The van der Waals surface area contributed by atoms with Gasteiger partial charge in [-0.2, -0.15) is 0 Å². The van der Waals surface area contributed by atoms with E-state index in [-0.39, 0.29) is 0 Å². The fourth-order valence-corrected chi connectivity index (χ4v) is 0.853. The van der Waals surface area contributed by atoms with Crippen LogP contribution in [0.5, 0.6) is 0 Å². The first-order chi connectivity index (χ1) is 6.22. The summed E-state index contributed by atoms with van der Waals surface area (Å²) >= 11 is 4.77. The largest absolute Gasteiger partial charge is 0.300 e. The number of hydrogen-bond donors (Lipinski definition) is 4. The van der Waals surface area contributed by atoms with Gasteiger partial charge in [0.05, 0.1) is 5.69 Å². The lowest BCUT2D eigenvalue weighted by molar-refractivity contribution is 0.965. The summed E-state index contributed by atoms with van der Waals surface area (Å²) < 4.78 is 0. The number of aryl methyl sites for hydroxylation is 1. The van der Waals surface area contributed by atoms with E-state index < -0.39 is 0 Å². The SMILES string of the molecule is Cc1ccc(NNC(=S)NN)cc1. The predicted octanol–water partition coefficient (Wildman–Crippen LogP) is 0.660. The molecule has 0 aliphatic carbocycles. The summed E-state index contributed by atoms with van der Waals surface area (Å²) in [4.78, 5) is 0. The molecule has 5 heteroatoms. The van der Waals surface area contributed by atoms with Crippen LogP contribution >= 0.6 is 12.2 Å². The second-order valence-corrected chi connectivity index (χ2v) is 3.00. The number of rotatable bonds is 2. The molecule has 1 aromatic carbocycles. The zero-order chi connectivity index (χ0) is 9.68. The number of hydrazine groups is 2. The van der Waals surface area contributed by atoms with Gasteiger partial charge in [-0.1, -0.05) is 17.7 Å². The second-order valence-electron chi connectivity index (χ2n) is 2.59. The average Bonchev–Trinajstić information content (AvgIpc) is 2.16. The fraction of sp³-hybridized carbons (Fsp3) is 0.125. The molecule has 0 fully saturated rings. The lowest BCUT2D eigenvalue weighted by Crippen LogP contribution is -2.42. The molecule has 0 saturated heterocycles. The van der Waals surface area contributed by atoms with Gasteiger partial charge in [-0.05, 0) is 31.3 Å². The highest BCUT2D eigenvalue weighted by molar-refractivity contribution is 7.80. The molecule has 5 N–H and O–H groups in total. The molecule has 0 aromatic heterocycles. The van der Waals surface area contributed by atoms with Gasteiger partial charge in [0.2, 0.25) is 0 Å². The number of thiocarbonyl (C=S) groups is 1. The van der Waals surface area contributed by atoms with Crippen molar-refractivity contribution in [2.24, 2.45) is 5.84 Å². The summed E-state index contributed by atoms with van der Waals surface area (Å²) in [5.41, 5.74) is 10.1. The minimum Gasteiger partial charge on any atom is -0.300 e. The van der Waals surface area contributed by atoms with Crippen molar-refractivity contribution in [1.82, 2.24) is 10.9 Å². The van der Waals surface area contributed by atoms with Gasteiger partial charge in [0.1, 0.15) is 0 Å². The van der Waals surface area contributed by atoms with Crippen LogP contribution in [0.15, 0.2) is 24.3 Å². The van der Waals surface area contributed by atoms with Crippen LogP contribution in [0.2, 0.25) is 0 Å². The Bertz CT molecular complexity index is 283. The molecule has 0 heterocycles. The van der Waals surface area contributed by atoms with Crippen molar-refractivity contribution in [2.75, 3.05) is 5.43 Å². The van der Waals surface area contributed by atoms with Crippen molar-refractivity contribution in [2.45, 2.75) is 6.92 Å². The van der Waals surface area contributed by atoms with Crippen LogP contribution in [0.3, 0.4) is 0 Å². The first kappa shape index (κ1) is 9.76. The first-order valence-corrected chi connectivity index (χ1v) is 4.22. The van der Waals surface area contributed by atoms with E-state index in [1.807, 2.05) is 31.2 Å². The van der Waals surface area contributed by atoms with E-state index in [1.165, 1.54) is 5.56 Å². The zero-order valence-corrected chi connectivity index (χ0v) is 8.11. The molecule has 4 nitrogen and oxygen atoms in total. The minimum absolute atomic E-state index is 0.348. The molecule has 0 spiro atoms. The highest BCUT2D eigenvalue weighted by atomic mass is 32.1. The van der Waals surface area contributed by atoms with Crippen LogP contribution in [-0.2, 0) is 0 Å². The van der Waals surface area contributed by atoms with Gasteiger partial charge in [0.15, 0.2) is 5.11 Å². The Labute approximate surface area is 82.4 Å². The van der Waals surface area contributed by atoms with Crippen molar-refractivity contribution in [3.05, 3.63) is 29.8 Å². The molecule has 0 amide bonds. The lowest BCUT2D eigenvalue weighted by Gasteiger charge is -2.09. The van der Waals surface area contributed by atoms with E-state index in [9.17, 15) is 0 Å². The van der Waals surface area contributed by atoms with E-state index in [2.05, 4.69) is 16.3 Å². The molecule has 0 aliphatic rings. The Kier molecular flexibility index (Phi) is 3.48. The topological polar surface area (TPSA) is 62.1 Å². The van der Waals surface area contributed by atoms with Crippen molar-refractivity contribution in [3.8, 4) is 0 Å². The molecule has 1 rings (SSSR count). The maximum absolute atomic E-state index is 5.07. The number of hydrogen-bond acceptors (Lipinski definition) is 3. The van der Waals surface area contributed by atoms with Crippen LogP contribution < -0.4 is 22.1 Å². The van der Waals surface area contributed by atoms with Crippen LogP contribution in [0.4, 0.5) is 5.69 Å². The van der Waals surface area contributed by atoms with Gasteiger partial charge in [-0.3, -0.25) is 16.3 Å². The van der Waals surface area contributed by atoms with Crippen LogP contribution in [0.25, 0.3) is 0 Å². The summed E-state index contributed by atoms with van der Waals surface area (Å²) in [6, 6.07) is 7.90. The van der Waals surface area contributed by atoms with Gasteiger partial charge in [0, 0.05) is 0 Å². The van der Waals surface area contributed by atoms with Gasteiger partial charge in [-0.25, -0.2) is 5.84 Å². The van der Waals surface area contributed by atoms with E-state index in [4.69, 9.17) is 18.1 Å². The minimum atomic E-state index is 0.348. The van der Waals surface area contributed by atoms with E-state index in [0.29, 0.717) is 5.11 Å². The number of nitrogens with one attached hydrogen (secondary N) is 3. The predicted molar refractivity (Wildman–Crippen MR) is 57.9 cm³/mol. The Morgan fingerprint density at radius 3 is 2.46 bits per heavy atom. The molecule has 0 bridgehead atoms. The normalized spacial score (nSPS) is 9.08. The Balaban J connectivity index is 2.46. The van der Waals surface area contributed by atoms with E-state index in [0.717, 1.165) is 5.69 Å². The van der Waals surface area contributed by atoms with Crippen molar-refractivity contribution in [1.29, 1.82) is 0 Å². The summed E-state index contributed by atoms with van der Waals surface area (Å²) in [6.45, 7) is 2.03. The molecule has 70 valence electrons. The molecule has 0 radical (unpaired) electrons. The van der Waals surface area contributed by atoms with Crippen LogP contribution in [0, 0.1) is 6.92 Å². The Morgan fingerprint density at radius 2 is 1.92 bits per heavy atom. The Morgan fingerprint density at radius 1 is 1.31 bits per heavy atom. The van der Waals surface area contributed by atoms with Gasteiger partial charge in [0.25, 0.3) is 0 Å². The van der Waals surface area contributed by atoms with Crippen LogP contribution in [-0.4, -0.2) is 5.11 Å². The lowest BCUT2D eigenvalue weighted by atomic mass is 10.2. The van der Waals surface area contributed by atoms with Crippen molar-refractivity contribution in [3.63, 3.8) is 0 Å². The maximum Gasteiger partial charge on any atom is 0.199 e. The van der Waals surface area contributed by atoms with Crippen molar-refractivity contribution >= 4 is 23.0 Å². The summed E-state index contributed by atoms with van der Waals surface area (Å²) in [7, 11) is 0. The molecule has 0 atom stereocenters. The Hall–Kier alpha value is -1.33. The quantitative estimate of drug-likeness (QED) is 0.318. The third kappa shape index (κ3) is 3.27. The standard InChI is InChI=1S/C8H12N4S/c1-6-2-4-7(5-3-6)11-12-8(13)10-9/h2-5,11H,9H2,1H3,(H2,10,12,13). The molecule has 1 aromatic rings. The number of anilines is 1. The van der Waals surface area contributed by atoms with Gasteiger partial charge >= 0.3 is 0 Å². The monoisotopic (exact) mass is 196 g/mol. The first-order valence-electron chi connectivity index (χ1n) is 3.81. The number of benzene rings is 1. The molecular formula is C8H12N4S. The van der Waals surface area contributed by atoms with Gasteiger partial charge in [-0.15, -0.1) is 0 Å². The van der Waals surface area contributed by atoms with Gasteiger partial charge < -0.3 is 0 Å². The molecular weight excluding hydrogens is 184 g/mol. The summed E-state index contributed by atoms with van der Waals surface area (Å²) in [6.07, 6.45) is 0. The molecule has 0 saturated carbocycles. The highest BCUT2D eigenvalue weighted by Crippen LogP contribution is 2.06.